The molecular formula is C12H19NO. The van der Waals surface area contributed by atoms with E-state index in [1.54, 1.807) is 7.11 Å². The van der Waals surface area contributed by atoms with E-state index >= 15 is 0 Å². The molecule has 0 aliphatic carbocycles. The first-order valence-electron chi connectivity index (χ1n) is 5.02. The van der Waals surface area contributed by atoms with E-state index in [0.29, 0.717) is 0 Å². The minimum atomic E-state index is 0.206. The van der Waals surface area contributed by atoms with Crippen LogP contribution < -0.4 is 5.73 Å². The van der Waals surface area contributed by atoms with E-state index in [9.17, 15) is 0 Å². The summed E-state index contributed by atoms with van der Waals surface area (Å²) in [5.74, 6) is 0. The Kier molecular flexibility index (Phi) is 4.63. The van der Waals surface area contributed by atoms with Gasteiger partial charge in [0, 0.05) is 19.8 Å². The lowest BCUT2D eigenvalue weighted by molar-refractivity contribution is 0.188. The minimum Gasteiger partial charge on any atom is -0.385 e. The molecule has 0 spiro atoms. The molecule has 0 heterocycles. The summed E-state index contributed by atoms with van der Waals surface area (Å²) >= 11 is 0. The zero-order valence-corrected chi connectivity index (χ0v) is 8.99. The topological polar surface area (TPSA) is 35.2 Å². The second kappa shape index (κ2) is 5.78. The lowest BCUT2D eigenvalue weighted by atomic mass is 10.0. The van der Waals surface area contributed by atoms with Crippen molar-refractivity contribution in [1.82, 2.24) is 0 Å². The highest BCUT2D eigenvalue weighted by atomic mass is 16.5. The first-order valence-corrected chi connectivity index (χ1v) is 5.02. The van der Waals surface area contributed by atoms with Gasteiger partial charge in [-0.25, -0.2) is 0 Å². The Bertz CT molecular complexity index is 256. The predicted molar refractivity (Wildman–Crippen MR) is 59.4 cm³/mol. The van der Waals surface area contributed by atoms with Crippen LogP contribution in [0.15, 0.2) is 24.3 Å². The van der Waals surface area contributed by atoms with Crippen LogP contribution in [0.3, 0.4) is 0 Å². The molecule has 0 saturated heterocycles. The molecule has 0 fully saturated rings. The number of ether oxygens (including phenoxy) is 1. The molecule has 0 bridgehead atoms. The van der Waals surface area contributed by atoms with Crippen molar-refractivity contribution in [2.75, 3.05) is 13.7 Å². The van der Waals surface area contributed by atoms with Crippen molar-refractivity contribution < 1.29 is 4.74 Å². The van der Waals surface area contributed by atoms with Crippen molar-refractivity contribution in [3.8, 4) is 0 Å². The molecule has 2 heteroatoms. The van der Waals surface area contributed by atoms with Gasteiger partial charge in [0.2, 0.25) is 0 Å². The Hall–Kier alpha value is -0.860. The maximum atomic E-state index is 5.95. The quantitative estimate of drug-likeness (QED) is 0.775. The number of methoxy groups -OCH3 is 1. The van der Waals surface area contributed by atoms with Gasteiger partial charge in [0.1, 0.15) is 0 Å². The van der Waals surface area contributed by atoms with Crippen LogP contribution in [0.4, 0.5) is 0 Å². The fourth-order valence-corrected chi connectivity index (χ4v) is 1.40. The molecule has 14 heavy (non-hydrogen) atoms. The third kappa shape index (κ3) is 3.90. The standard InChI is InChI=1S/C12H19NO/c1-10-3-5-11(6-4-10)9-12(13)7-8-14-2/h3-6,12H,7-9,13H2,1-2H3. The summed E-state index contributed by atoms with van der Waals surface area (Å²) in [4.78, 5) is 0. The van der Waals surface area contributed by atoms with E-state index in [4.69, 9.17) is 10.5 Å². The Morgan fingerprint density at radius 3 is 2.50 bits per heavy atom. The van der Waals surface area contributed by atoms with Crippen molar-refractivity contribution in [2.45, 2.75) is 25.8 Å². The van der Waals surface area contributed by atoms with Crippen molar-refractivity contribution >= 4 is 0 Å². The molecule has 1 aromatic rings. The number of aryl methyl sites for hydroxylation is 1. The van der Waals surface area contributed by atoms with Gasteiger partial charge < -0.3 is 10.5 Å². The van der Waals surface area contributed by atoms with Gasteiger partial charge in [-0.15, -0.1) is 0 Å². The molecule has 78 valence electrons. The van der Waals surface area contributed by atoms with Gasteiger partial charge in [0.15, 0.2) is 0 Å². The molecule has 1 rings (SSSR count). The van der Waals surface area contributed by atoms with E-state index in [0.717, 1.165) is 19.4 Å². The second-order valence-electron chi connectivity index (χ2n) is 3.73. The molecule has 2 nitrogen and oxygen atoms in total. The van der Waals surface area contributed by atoms with Crippen LogP contribution in [0, 0.1) is 6.92 Å². The Labute approximate surface area is 86.1 Å². The van der Waals surface area contributed by atoms with Crippen molar-refractivity contribution in [2.24, 2.45) is 5.73 Å². The van der Waals surface area contributed by atoms with Crippen LogP contribution in [0.1, 0.15) is 17.5 Å². The molecule has 0 aliphatic heterocycles. The molecule has 0 aromatic heterocycles. The summed E-state index contributed by atoms with van der Waals surface area (Å²) in [6.45, 7) is 2.83. The molecule has 1 atom stereocenters. The zero-order valence-electron chi connectivity index (χ0n) is 8.99. The van der Waals surface area contributed by atoms with E-state index in [-0.39, 0.29) is 6.04 Å². The Morgan fingerprint density at radius 1 is 1.29 bits per heavy atom. The number of nitrogens with two attached hydrogens (primary N) is 1. The Balaban J connectivity index is 2.39. The molecule has 0 radical (unpaired) electrons. The third-order valence-electron chi connectivity index (χ3n) is 2.31. The monoisotopic (exact) mass is 193 g/mol. The third-order valence-corrected chi connectivity index (χ3v) is 2.31. The van der Waals surface area contributed by atoms with Crippen LogP contribution in [-0.2, 0) is 11.2 Å². The summed E-state index contributed by atoms with van der Waals surface area (Å²) in [5.41, 5.74) is 8.55. The van der Waals surface area contributed by atoms with Gasteiger partial charge in [0.25, 0.3) is 0 Å². The summed E-state index contributed by atoms with van der Waals surface area (Å²) in [6, 6.07) is 8.73. The van der Waals surface area contributed by atoms with E-state index < -0.39 is 0 Å². The first kappa shape index (κ1) is 11.2. The average Bonchev–Trinajstić information content (AvgIpc) is 2.18. The lowest BCUT2D eigenvalue weighted by Crippen LogP contribution is -2.24. The van der Waals surface area contributed by atoms with Crippen molar-refractivity contribution in [3.63, 3.8) is 0 Å². The summed E-state index contributed by atoms with van der Waals surface area (Å²) in [6.07, 6.45) is 1.86. The van der Waals surface area contributed by atoms with E-state index in [1.807, 2.05) is 0 Å². The number of hydrogen-bond acceptors (Lipinski definition) is 2. The van der Waals surface area contributed by atoms with Crippen LogP contribution in [0.25, 0.3) is 0 Å². The molecular weight excluding hydrogens is 174 g/mol. The highest BCUT2D eigenvalue weighted by Crippen LogP contribution is 2.06. The largest absolute Gasteiger partial charge is 0.385 e. The molecule has 2 N–H and O–H groups in total. The highest BCUT2D eigenvalue weighted by molar-refractivity contribution is 5.21. The van der Waals surface area contributed by atoms with Gasteiger partial charge in [-0.3, -0.25) is 0 Å². The van der Waals surface area contributed by atoms with Gasteiger partial charge in [-0.05, 0) is 25.3 Å². The van der Waals surface area contributed by atoms with Gasteiger partial charge in [0.05, 0.1) is 0 Å². The molecule has 1 unspecified atom stereocenters. The van der Waals surface area contributed by atoms with Gasteiger partial charge in [-0.2, -0.15) is 0 Å². The molecule has 0 amide bonds. The van der Waals surface area contributed by atoms with Gasteiger partial charge in [-0.1, -0.05) is 29.8 Å². The molecule has 1 aromatic carbocycles. The van der Waals surface area contributed by atoms with Crippen molar-refractivity contribution in [3.05, 3.63) is 35.4 Å². The van der Waals surface area contributed by atoms with E-state index in [2.05, 4.69) is 31.2 Å². The SMILES string of the molecule is COCCC(N)Cc1ccc(C)cc1. The minimum absolute atomic E-state index is 0.206. The van der Waals surface area contributed by atoms with E-state index in [1.165, 1.54) is 11.1 Å². The zero-order chi connectivity index (χ0) is 10.4. The summed E-state index contributed by atoms with van der Waals surface area (Å²) in [5, 5.41) is 0. The first-order chi connectivity index (χ1) is 6.72. The normalized spacial score (nSPS) is 12.8. The number of benzene rings is 1. The maximum Gasteiger partial charge on any atom is 0.0477 e. The van der Waals surface area contributed by atoms with Crippen LogP contribution in [0.2, 0.25) is 0 Å². The predicted octanol–water partition coefficient (Wildman–Crippen LogP) is 1.90. The lowest BCUT2D eigenvalue weighted by Gasteiger charge is -2.10. The second-order valence-corrected chi connectivity index (χ2v) is 3.73. The van der Waals surface area contributed by atoms with Crippen molar-refractivity contribution in [1.29, 1.82) is 0 Å². The smallest absolute Gasteiger partial charge is 0.0477 e. The highest BCUT2D eigenvalue weighted by Gasteiger charge is 2.03. The Morgan fingerprint density at radius 2 is 1.93 bits per heavy atom. The molecule has 0 saturated carbocycles. The number of hydrogen-bond donors (Lipinski definition) is 1. The number of rotatable bonds is 5. The van der Waals surface area contributed by atoms with Gasteiger partial charge >= 0.3 is 0 Å². The average molecular weight is 193 g/mol. The van der Waals surface area contributed by atoms with Crippen LogP contribution >= 0.6 is 0 Å². The maximum absolute atomic E-state index is 5.95. The fourth-order valence-electron chi connectivity index (χ4n) is 1.40. The fraction of sp³-hybridized carbons (Fsp3) is 0.500. The summed E-state index contributed by atoms with van der Waals surface area (Å²) in [7, 11) is 1.71. The van der Waals surface area contributed by atoms with Crippen LogP contribution in [0.5, 0.6) is 0 Å². The molecule has 0 aliphatic rings. The van der Waals surface area contributed by atoms with Crippen LogP contribution in [-0.4, -0.2) is 19.8 Å². The summed E-state index contributed by atoms with van der Waals surface area (Å²) < 4.78 is 4.99.